The molecule has 1 fully saturated rings. The maximum absolute atomic E-state index is 9.32. The number of aliphatic hydroxyl groups excluding tert-OH is 1. The van der Waals surface area contributed by atoms with Crippen molar-refractivity contribution in [2.45, 2.75) is 16.2 Å². The summed E-state index contributed by atoms with van der Waals surface area (Å²) < 4.78 is 25.9. The van der Waals surface area contributed by atoms with Gasteiger partial charge in [0.2, 0.25) is 0 Å². The molecule has 0 aliphatic carbocycles. The van der Waals surface area contributed by atoms with Crippen LogP contribution in [0.4, 0.5) is 11.4 Å². The highest BCUT2D eigenvalue weighted by atomic mass is 32.2. The first kappa shape index (κ1) is 25.5. The van der Waals surface area contributed by atoms with Gasteiger partial charge < -0.3 is 14.9 Å². The number of fused-ring (bicyclic) bond motifs is 2. The highest BCUT2D eigenvalue weighted by Gasteiger charge is 2.24. The van der Waals surface area contributed by atoms with Crippen LogP contribution >= 0.6 is 11.8 Å². The van der Waals surface area contributed by atoms with E-state index in [1.165, 1.54) is 15.5 Å². The molecule has 0 aromatic heterocycles. The molecular weight excluding hydrogens is 460 g/mol. The monoisotopic (exact) mass is 490 g/mol. The van der Waals surface area contributed by atoms with E-state index in [1.54, 1.807) is 11.8 Å². The van der Waals surface area contributed by atoms with E-state index in [4.69, 9.17) is 9.66 Å². The van der Waals surface area contributed by atoms with Crippen LogP contribution in [0.2, 0.25) is 0 Å². The minimum Gasteiger partial charge on any atom is -0.395 e. The van der Waals surface area contributed by atoms with Gasteiger partial charge in [0.15, 0.2) is 0 Å². The summed E-state index contributed by atoms with van der Waals surface area (Å²) in [5.74, 6) is 0. The van der Waals surface area contributed by atoms with Crippen molar-refractivity contribution in [3.63, 3.8) is 0 Å². The van der Waals surface area contributed by atoms with E-state index in [9.17, 15) is 13.7 Å². The Kier molecular flexibility index (Phi) is 9.14. The first-order chi connectivity index (χ1) is 15.8. The highest BCUT2D eigenvalue weighted by molar-refractivity contribution is 7.99. The smallest absolute Gasteiger partial charge is 0.261 e. The van der Waals surface area contributed by atoms with Crippen LogP contribution in [0.5, 0.6) is 0 Å². The maximum atomic E-state index is 9.32. The molecule has 4 rings (SSSR count). The van der Waals surface area contributed by atoms with Gasteiger partial charge in [0.05, 0.1) is 35.9 Å². The Bertz CT molecular complexity index is 1070. The zero-order chi connectivity index (χ0) is 23.8. The minimum absolute atomic E-state index is 0.247. The maximum Gasteiger partial charge on any atom is 0.261 e. The van der Waals surface area contributed by atoms with Crippen molar-refractivity contribution in [2.75, 3.05) is 63.6 Å². The number of para-hydroxylation sites is 1. The fraction of sp³-hybridized carbons (Fsp3) is 0.435. The third-order valence-electron chi connectivity index (χ3n) is 5.49. The predicted octanol–water partition coefficient (Wildman–Crippen LogP) is 2.66. The molecule has 2 N–H and O–H groups in total. The second-order valence-electron chi connectivity index (χ2n) is 8.01. The Morgan fingerprint density at radius 2 is 1.58 bits per heavy atom. The van der Waals surface area contributed by atoms with Crippen molar-refractivity contribution in [1.29, 1.82) is 5.26 Å². The van der Waals surface area contributed by atoms with E-state index in [0.29, 0.717) is 11.8 Å². The highest BCUT2D eigenvalue weighted by Crippen LogP contribution is 2.48. The summed E-state index contributed by atoms with van der Waals surface area (Å²) in [6.07, 6.45) is 1.79. The van der Waals surface area contributed by atoms with Gasteiger partial charge >= 0.3 is 0 Å². The van der Waals surface area contributed by atoms with Crippen molar-refractivity contribution in [3.8, 4) is 6.07 Å². The summed E-state index contributed by atoms with van der Waals surface area (Å²) in [5, 5.41) is 18.4. The number of piperazine rings is 1. The number of hydrogen-bond acceptors (Lipinski definition) is 8. The van der Waals surface area contributed by atoms with E-state index in [-0.39, 0.29) is 6.61 Å². The SMILES string of the molecule is CS(=O)(=O)O.N#Cc1ccc2c(c1)N(CCCN1CCN(CCO)CC1)c1ccccc1S2. The zero-order valence-electron chi connectivity index (χ0n) is 18.7. The van der Waals surface area contributed by atoms with Gasteiger partial charge in [0.25, 0.3) is 10.1 Å². The lowest BCUT2D eigenvalue weighted by atomic mass is 10.1. The lowest BCUT2D eigenvalue weighted by molar-refractivity contribution is 0.112. The number of aliphatic hydroxyl groups is 1. The van der Waals surface area contributed by atoms with Crippen molar-refractivity contribution in [2.24, 2.45) is 0 Å². The number of nitriles is 1. The van der Waals surface area contributed by atoms with E-state index < -0.39 is 10.1 Å². The standard InChI is InChI=1S/C22H26N4OS.CH4O3S/c23-17-18-6-7-22-20(16-18)26(19-4-1-2-5-21(19)28-22)9-3-8-24-10-12-25(13-11-24)14-15-27;1-5(2,3)4/h1-2,4-7,16,27H,3,8-15H2;1H3,(H,2,3,4). The van der Waals surface area contributed by atoms with Crippen LogP contribution in [-0.4, -0.2) is 86.6 Å². The molecule has 0 spiro atoms. The first-order valence-electron chi connectivity index (χ1n) is 10.8. The van der Waals surface area contributed by atoms with Gasteiger partial charge in [0.1, 0.15) is 0 Å². The summed E-state index contributed by atoms with van der Waals surface area (Å²) in [7, 11) is -3.67. The second kappa shape index (κ2) is 11.8. The normalized spacial score (nSPS) is 16.2. The summed E-state index contributed by atoms with van der Waals surface area (Å²) in [6, 6.07) is 16.8. The molecule has 10 heteroatoms. The predicted molar refractivity (Wildman–Crippen MR) is 131 cm³/mol. The van der Waals surface area contributed by atoms with Gasteiger partial charge in [-0.3, -0.25) is 9.45 Å². The van der Waals surface area contributed by atoms with Gasteiger partial charge in [0, 0.05) is 49.1 Å². The van der Waals surface area contributed by atoms with Crippen molar-refractivity contribution in [1.82, 2.24) is 9.80 Å². The number of rotatable bonds is 6. The molecule has 0 saturated carbocycles. The fourth-order valence-corrected chi connectivity index (χ4v) is 5.05. The molecule has 0 unspecified atom stereocenters. The van der Waals surface area contributed by atoms with E-state index in [1.807, 2.05) is 12.1 Å². The lowest BCUT2D eigenvalue weighted by Crippen LogP contribution is -2.47. The molecule has 0 bridgehead atoms. The van der Waals surface area contributed by atoms with Gasteiger partial charge in [-0.05, 0) is 43.3 Å². The Morgan fingerprint density at radius 1 is 0.970 bits per heavy atom. The molecule has 8 nitrogen and oxygen atoms in total. The quantitative estimate of drug-likeness (QED) is 0.591. The molecule has 1 saturated heterocycles. The molecule has 2 aliphatic heterocycles. The molecule has 0 atom stereocenters. The summed E-state index contributed by atoms with van der Waals surface area (Å²) in [5.41, 5.74) is 3.10. The molecule has 0 amide bonds. The van der Waals surface area contributed by atoms with E-state index in [0.717, 1.165) is 57.9 Å². The number of nitrogens with zero attached hydrogens (tertiary/aromatic N) is 4. The van der Waals surface area contributed by atoms with E-state index in [2.05, 4.69) is 51.1 Å². The van der Waals surface area contributed by atoms with Crippen molar-refractivity contribution < 1.29 is 18.1 Å². The molecule has 2 aromatic carbocycles. The third kappa shape index (κ3) is 7.71. The second-order valence-corrected chi connectivity index (χ2v) is 10.6. The molecule has 2 heterocycles. The third-order valence-corrected chi connectivity index (χ3v) is 6.62. The minimum atomic E-state index is -3.67. The Morgan fingerprint density at radius 3 is 2.21 bits per heavy atom. The molecule has 0 radical (unpaired) electrons. The van der Waals surface area contributed by atoms with Crippen LogP contribution in [0, 0.1) is 11.3 Å². The Hall–Kier alpha value is -2.13. The van der Waals surface area contributed by atoms with Crippen molar-refractivity contribution in [3.05, 3.63) is 48.0 Å². The van der Waals surface area contributed by atoms with Gasteiger partial charge in [-0.2, -0.15) is 13.7 Å². The van der Waals surface area contributed by atoms with Crippen LogP contribution in [0.15, 0.2) is 52.3 Å². The summed E-state index contributed by atoms with van der Waals surface area (Å²) >= 11 is 1.78. The van der Waals surface area contributed by atoms with Gasteiger partial charge in [-0.15, -0.1) is 0 Å². The summed E-state index contributed by atoms with van der Waals surface area (Å²) in [4.78, 5) is 9.72. The van der Waals surface area contributed by atoms with Gasteiger partial charge in [-0.1, -0.05) is 23.9 Å². The van der Waals surface area contributed by atoms with Gasteiger partial charge in [-0.25, -0.2) is 0 Å². The fourth-order valence-electron chi connectivity index (χ4n) is 3.97. The lowest BCUT2D eigenvalue weighted by Gasteiger charge is -2.36. The number of β-amino-alcohol motifs (C(OH)–C–C–N with tert-alkyl or cyclic N) is 1. The van der Waals surface area contributed by atoms with Crippen LogP contribution in [0.25, 0.3) is 0 Å². The van der Waals surface area contributed by atoms with Crippen LogP contribution in [-0.2, 0) is 10.1 Å². The molecule has 178 valence electrons. The van der Waals surface area contributed by atoms with Crippen LogP contribution in [0.3, 0.4) is 0 Å². The number of benzene rings is 2. The molecule has 2 aromatic rings. The average molecular weight is 491 g/mol. The molecule has 2 aliphatic rings. The molecule has 33 heavy (non-hydrogen) atoms. The van der Waals surface area contributed by atoms with Crippen LogP contribution in [0.1, 0.15) is 12.0 Å². The first-order valence-corrected chi connectivity index (χ1v) is 13.5. The topological polar surface area (TPSA) is 108 Å². The van der Waals surface area contributed by atoms with E-state index >= 15 is 0 Å². The number of hydrogen-bond donors (Lipinski definition) is 2. The van der Waals surface area contributed by atoms with Crippen molar-refractivity contribution >= 4 is 33.3 Å². The Balaban J connectivity index is 0.000000555. The molecular formula is C23H30N4O4S2. The summed E-state index contributed by atoms with van der Waals surface area (Å²) in [6.45, 7) is 7.27. The number of anilines is 2. The largest absolute Gasteiger partial charge is 0.395 e. The zero-order valence-corrected chi connectivity index (χ0v) is 20.4. The van der Waals surface area contributed by atoms with Crippen LogP contribution < -0.4 is 4.90 Å². The Labute approximate surface area is 200 Å². The average Bonchev–Trinajstić information content (AvgIpc) is 2.78.